The van der Waals surface area contributed by atoms with Gasteiger partial charge in [0, 0.05) is 25.1 Å². The van der Waals surface area contributed by atoms with Crippen molar-refractivity contribution in [2.75, 3.05) is 5.32 Å². The molecule has 0 aromatic carbocycles. The van der Waals surface area contributed by atoms with Crippen LogP contribution < -0.4 is 10.6 Å². The Morgan fingerprint density at radius 1 is 1.20 bits per heavy atom. The standard InChI is InChI=1S/C20H18FN7OS/c1-11(14-6-15(21)10-23-9-14)25-20-27-16(17-18(28-20)26-12(2)30-17)19(29)24-8-13-4-3-5-22-7-13/h3-7,9-11H,8H2,1-2H3,(H,24,29)(H,25,27,28). The first-order valence-corrected chi connectivity index (χ1v) is 10.0. The van der Waals surface area contributed by atoms with E-state index in [1.807, 2.05) is 26.0 Å². The quantitative estimate of drug-likeness (QED) is 0.489. The number of hydrogen-bond acceptors (Lipinski definition) is 8. The summed E-state index contributed by atoms with van der Waals surface area (Å²) in [6.45, 7) is 4.00. The first-order valence-electron chi connectivity index (χ1n) is 9.19. The lowest BCUT2D eigenvalue weighted by atomic mass is 10.1. The van der Waals surface area contributed by atoms with Gasteiger partial charge >= 0.3 is 0 Å². The van der Waals surface area contributed by atoms with Crippen LogP contribution in [0.4, 0.5) is 10.3 Å². The van der Waals surface area contributed by atoms with Gasteiger partial charge in [-0.15, -0.1) is 11.3 Å². The number of nitrogens with one attached hydrogen (secondary N) is 2. The summed E-state index contributed by atoms with van der Waals surface area (Å²) in [6, 6.07) is 4.75. The molecule has 152 valence electrons. The molecule has 1 atom stereocenters. The van der Waals surface area contributed by atoms with Gasteiger partial charge in [0.15, 0.2) is 11.3 Å². The van der Waals surface area contributed by atoms with E-state index < -0.39 is 5.82 Å². The van der Waals surface area contributed by atoms with Gasteiger partial charge < -0.3 is 10.6 Å². The Kier molecular flexibility index (Phi) is 5.57. The molecule has 0 aliphatic heterocycles. The average Bonchev–Trinajstić information content (AvgIpc) is 3.12. The zero-order valence-electron chi connectivity index (χ0n) is 16.3. The predicted octanol–water partition coefficient (Wildman–Crippen LogP) is 3.43. The highest BCUT2D eigenvalue weighted by Gasteiger charge is 2.19. The molecule has 1 unspecified atom stereocenters. The van der Waals surface area contributed by atoms with Gasteiger partial charge in [0.05, 0.1) is 17.2 Å². The Morgan fingerprint density at radius 2 is 2.07 bits per heavy atom. The van der Waals surface area contributed by atoms with E-state index in [0.717, 1.165) is 16.8 Å². The molecule has 30 heavy (non-hydrogen) atoms. The number of carbonyl (C=O) groups excluding carboxylic acids is 1. The third-order valence-electron chi connectivity index (χ3n) is 4.32. The average molecular weight is 423 g/mol. The van der Waals surface area contributed by atoms with Crippen LogP contribution in [-0.2, 0) is 6.54 Å². The van der Waals surface area contributed by atoms with Crippen LogP contribution in [0.5, 0.6) is 0 Å². The molecule has 4 rings (SSSR count). The van der Waals surface area contributed by atoms with E-state index in [0.29, 0.717) is 22.5 Å². The van der Waals surface area contributed by atoms with Crippen LogP contribution in [0, 0.1) is 12.7 Å². The number of aryl methyl sites for hydroxylation is 1. The second-order valence-corrected chi connectivity index (χ2v) is 7.83. The number of nitrogens with zero attached hydrogens (tertiary/aromatic N) is 5. The Labute approximate surface area is 175 Å². The summed E-state index contributed by atoms with van der Waals surface area (Å²) in [5.74, 6) is -0.530. The zero-order valence-corrected chi connectivity index (χ0v) is 17.1. The molecule has 0 bridgehead atoms. The number of fused-ring (bicyclic) bond motifs is 1. The minimum Gasteiger partial charge on any atom is -0.348 e. The molecule has 0 radical (unpaired) electrons. The number of rotatable bonds is 6. The number of hydrogen-bond donors (Lipinski definition) is 2. The van der Waals surface area contributed by atoms with Gasteiger partial charge in [-0.05, 0) is 37.1 Å². The van der Waals surface area contributed by atoms with Crippen LogP contribution in [0.1, 0.15) is 39.6 Å². The van der Waals surface area contributed by atoms with Crippen molar-refractivity contribution in [3.8, 4) is 0 Å². The molecule has 1 amide bonds. The van der Waals surface area contributed by atoms with Gasteiger partial charge in [0.1, 0.15) is 10.5 Å². The van der Waals surface area contributed by atoms with Gasteiger partial charge in [-0.25, -0.2) is 14.4 Å². The summed E-state index contributed by atoms with van der Waals surface area (Å²) < 4.78 is 14.1. The molecule has 4 aromatic rings. The van der Waals surface area contributed by atoms with Crippen molar-refractivity contribution in [2.24, 2.45) is 0 Å². The molecule has 4 aromatic heterocycles. The smallest absolute Gasteiger partial charge is 0.271 e. The Morgan fingerprint density at radius 3 is 2.83 bits per heavy atom. The number of aromatic nitrogens is 5. The second kappa shape index (κ2) is 8.46. The van der Waals surface area contributed by atoms with E-state index in [2.05, 4.69) is 35.6 Å². The molecule has 10 heteroatoms. The summed E-state index contributed by atoms with van der Waals surface area (Å²) in [4.78, 5) is 34.0. The number of halogens is 1. The molecule has 2 N–H and O–H groups in total. The van der Waals surface area contributed by atoms with Crippen molar-refractivity contribution in [3.05, 3.63) is 70.6 Å². The van der Waals surface area contributed by atoms with Crippen LogP contribution in [0.3, 0.4) is 0 Å². The van der Waals surface area contributed by atoms with Crippen LogP contribution in [-0.4, -0.2) is 30.8 Å². The van der Waals surface area contributed by atoms with E-state index in [4.69, 9.17) is 0 Å². The summed E-state index contributed by atoms with van der Waals surface area (Å²) in [5.41, 5.74) is 2.19. The van der Waals surface area contributed by atoms with Gasteiger partial charge in [-0.3, -0.25) is 14.8 Å². The molecule has 0 fully saturated rings. The number of anilines is 1. The molecule has 4 heterocycles. The van der Waals surface area contributed by atoms with Crippen molar-refractivity contribution in [3.63, 3.8) is 0 Å². The van der Waals surface area contributed by atoms with Crippen molar-refractivity contribution in [1.29, 1.82) is 0 Å². The van der Waals surface area contributed by atoms with Gasteiger partial charge in [-0.2, -0.15) is 4.98 Å². The molecular formula is C20H18FN7OS. The molecule has 0 aliphatic rings. The summed E-state index contributed by atoms with van der Waals surface area (Å²) in [7, 11) is 0. The molecular weight excluding hydrogens is 405 g/mol. The molecule has 0 spiro atoms. The Hall–Kier alpha value is -3.53. The van der Waals surface area contributed by atoms with E-state index in [-0.39, 0.29) is 23.6 Å². The Bertz CT molecular complexity index is 1200. The first kappa shape index (κ1) is 19.8. The van der Waals surface area contributed by atoms with Crippen LogP contribution >= 0.6 is 11.3 Å². The normalized spacial score (nSPS) is 12.0. The highest BCUT2D eigenvalue weighted by Crippen LogP contribution is 2.26. The summed E-state index contributed by atoms with van der Waals surface area (Å²) >= 11 is 1.36. The lowest BCUT2D eigenvalue weighted by Gasteiger charge is -2.14. The first-order chi connectivity index (χ1) is 14.5. The summed E-state index contributed by atoms with van der Waals surface area (Å²) in [6.07, 6.45) is 6.07. The van der Waals surface area contributed by atoms with E-state index in [9.17, 15) is 9.18 Å². The van der Waals surface area contributed by atoms with E-state index >= 15 is 0 Å². The SMILES string of the molecule is Cc1nc2nc(NC(C)c3cncc(F)c3)nc(C(=O)NCc3cccnc3)c2s1. The van der Waals surface area contributed by atoms with Gasteiger partial charge in [-0.1, -0.05) is 6.07 Å². The molecule has 0 saturated heterocycles. The molecule has 0 aliphatic carbocycles. The van der Waals surface area contributed by atoms with Crippen molar-refractivity contribution in [2.45, 2.75) is 26.4 Å². The van der Waals surface area contributed by atoms with Crippen molar-refractivity contribution < 1.29 is 9.18 Å². The molecule has 0 saturated carbocycles. The minimum absolute atomic E-state index is 0.232. The lowest BCUT2D eigenvalue weighted by molar-refractivity contribution is 0.0948. The number of carbonyl (C=O) groups is 1. The van der Waals surface area contributed by atoms with Crippen LogP contribution in [0.25, 0.3) is 10.3 Å². The lowest BCUT2D eigenvalue weighted by Crippen LogP contribution is -2.24. The minimum atomic E-state index is -0.428. The fraction of sp³-hybridized carbons (Fsp3) is 0.200. The maximum atomic E-state index is 13.5. The largest absolute Gasteiger partial charge is 0.348 e. The number of pyridine rings is 2. The van der Waals surface area contributed by atoms with Crippen molar-refractivity contribution >= 4 is 33.5 Å². The number of amides is 1. The topological polar surface area (TPSA) is 106 Å². The number of thiazole rings is 1. The van der Waals surface area contributed by atoms with E-state index in [1.165, 1.54) is 17.4 Å². The van der Waals surface area contributed by atoms with Crippen molar-refractivity contribution in [1.82, 2.24) is 30.2 Å². The third kappa shape index (κ3) is 4.38. The van der Waals surface area contributed by atoms with Crippen LogP contribution in [0.2, 0.25) is 0 Å². The van der Waals surface area contributed by atoms with E-state index in [1.54, 1.807) is 18.6 Å². The fourth-order valence-electron chi connectivity index (χ4n) is 2.86. The summed E-state index contributed by atoms with van der Waals surface area (Å²) in [5, 5.41) is 6.74. The maximum absolute atomic E-state index is 13.5. The molecule has 8 nitrogen and oxygen atoms in total. The van der Waals surface area contributed by atoms with Gasteiger partial charge in [0.2, 0.25) is 5.95 Å². The monoisotopic (exact) mass is 423 g/mol. The zero-order chi connectivity index (χ0) is 21.1. The second-order valence-electron chi connectivity index (χ2n) is 6.63. The highest BCUT2D eigenvalue weighted by molar-refractivity contribution is 7.18. The fourth-order valence-corrected chi connectivity index (χ4v) is 3.70. The Balaban J connectivity index is 1.61. The van der Waals surface area contributed by atoms with Crippen LogP contribution in [0.15, 0.2) is 43.0 Å². The maximum Gasteiger partial charge on any atom is 0.271 e. The van der Waals surface area contributed by atoms with Gasteiger partial charge in [0.25, 0.3) is 5.91 Å². The third-order valence-corrected chi connectivity index (χ3v) is 5.29. The predicted molar refractivity (Wildman–Crippen MR) is 112 cm³/mol. The highest BCUT2D eigenvalue weighted by atomic mass is 32.1.